The van der Waals surface area contributed by atoms with Crippen LogP contribution >= 0.6 is 11.6 Å². The van der Waals surface area contributed by atoms with Crippen LogP contribution in [0.5, 0.6) is 0 Å². The Morgan fingerprint density at radius 2 is 1.82 bits per heavy atom. The molecule has 0 saturated heterocycles. The van der Waals surface area contributed by atoms with Crippen LogP contribution in [0.2, 0.25) is 5.02 Å². The van der Waals surface area contributed by atoms with Crippen LogP contribution in [0.25, 0.3) is 0 Å². The van der Waals surface area contributed by atoms with Gasteiger partial charge in [-0.3, -0.25) is 0 Å². The quantitative estimate of drug-likeness (QED) is 0.703. The molecule has 0 spiro atoms. The molecule has 60 valence electrons. The van der Waals surface area contributed by atoms with Gasteiger partial charge in [-0.05, 0) is 17.7 Å². The first-order valence-corrected chi connectivity index (χ1v) is 3.83. The summed E-state index contributed by atoms with van der Waals surface area (Å²) in [5.41, 5.74) is 12.1. The lowest BCUT2D eigenvalue weighted by Crippen LogP contribution is -2.20. The second kappa shape index (κ2) is 3.72. The van der Waals surface area contributed by atoms with Crippen molar-refractivity contribution >= 4 is 11.6 Å². The molecule has 2 nitrogen and oxygen atoms in total. The van der Waals surface area contributed by atoms with E-state index in [4.69, 9.17) is 23.1 Å². The lowest BCUT2D eigenvalue weighted by Gasteiger charge is -2.07. The Hall–Kier alpha value is -0.570. The van der Waals surface area contributed by atoms with Crippen LogP contribution in [-0.4, -0.2) is 6.54 Å². The van der Waals surface area contributed by atoms with E-state index in [2.05, 4.69) is 0 Å². The molecule has 0 aliphatic rings. The molecular weight excluding hydrogens is 160 g/mol. The molecule has 0 bridgehead atoms. The van der Waals surface area contributed by atoms with Crippen molar-refractivity contribution < 1.29 is 0 Å². The van der Waals surface area contributed by atoms with E-state index >= 15 is 0 Å². The number of rotatable bonds is 2. The molecule has 0 fully saturated rings. The van der Waals surface area contributed by atoms with Gasteiger partial charge in [0.05, 0.1) is 0 Å². The smallest absolute Gasteiger partial charge is 0.0419 e. The summed E-state index contributed by atoms with van der Waals surface area (Å²) in [6, 6.07) is 7.32. The molecule has 4 N–H and O–H groups in total. The summed E-state index contributed by atoms with van der Waals surface area (Å²) in [6.45, 7) is 0.460. The van der Waals surface area contributed by atoms with E-state index < -0.39 is 0 Å². The Balaban J connectivity index is 2.81. The van der Waals surface area contributed by atoms with Crippen molar-refractivity contribution in [3.8, 4) is 0 Å². The van der Waals surface area contributed by atoms with Crippen molar-refractivity contribution in [2.45, 2.75) is 6.04 Å². The highest BCUT2D eigenvalue weighted by molar-refractivity contribution is 6.30. The molecule has 1 atom stereocenters. The van der Waals surface area contributed by atoms with E-state index in [9.17, 15) is 0 Å². The average molecular weight is 171 g/mol. The Labute approximate surface area is 71.1 Å². The zero-order chi connectivity index (χ0) is 8.27. The highest BCUT2D eigenvalue weighted by Crippen LogP contribution is 2.13. The number of hydrogen-bond donors (Lipinski definition) is 2. The van der Waals surface area contributed by atoms with Crippen LogP contribution in [0.15, 0.2) is 24.3 Å². The van der Waals surface area contributed by atoms with Gasteiger partial charge in [-0.2, -0.15) is 0 Å². The summed E-state index contributed by atoms with van der Waals surface area (Å²) in [4.78, 5) is 0. The first-order chi connectivity index (χ1) is 5.24. The minimum Gasteiger partial charge on any atom is -0.329 e. The van der Waals surface area contributed by atoms with E-state index in [-0.39, 0.29) is 6.04 Å². The van der Waals surface area contributed by atoms with Gasteiger partial charge in [0, 0.05) is 17.6 Å². The Morgan fingerprint density at radius 1 is 1.27 bits per heavy atom. The number of halogens is 1. The molecule has 0 unspecified atom stereocenters. The Morgan fingerprint density at radius 3 is 2.27 bits per heavy atom. The minimum atomic E-state index is -0.0766. The maximum Gasteiger partial charge on any atom is 0.0419 e. The highest BCUT2D eigenvalue weighted by Gasteiger charge is 2.01. The molecule has 0 amide bonds. The van der Waals surface area contributed by atoms with Crippen LogP contribution in [0, 0.1) is 0 Å². The fourth-order valence-corrected chi connectivity index (χ4v) is 0.972. The van der Waals surface area contributed by atoms with Gasteiger partial charge in [0.2, 0.25) is 0 Å². The normalized spacial score (nSPS) is 13.0. The summed E-state index contributed by atoms with van der Waals surface area (Å²) in [6.07, 6.45) is 0. The third kappa shape index (κ3) is 2.19. The summed E-state index contributed by atoms with van der Waals surface area (Å²) < 4.78 is 0. The second-order valence-electron chi connectivity index (χ2n) is 2.39. The molecule has 0 aliphatic heterocycles. The predicted octanol–water partition coefficient (Wildman–Crippen LogP) is 1.30. The number of hydrogen-bond acceptors (Lipinski definition) is 2. The van der Waals surface area contributed by atoms with Crippen LogP contribution in [0.4, 0.5) is 0 Å². The molecule has 1 rings (SSSR count). The summed E-state index contributed by atoms with van der Waals surface area (Å²) >= 11 is 5.69. The number of nitrogens with two attached hydrogens (primary N) is 2. The highest BCUT2D eigenvalue weighted by atomic mass is 35.5. The molecule has 0 radical (unpaired) electrons. The van der Waals surface area contributed by atoms with Gasteiger partial charge >= 0.3 is 0 Å². The van der Waals surface area contributed by atoms with Gasteiger partial charge in [-0.15, -0.1) is 0 Å². The zero-order valence-electron chi connectivity index (χ0n) is 6.13. The third-order valence-corrected chi connectivity index (χ3v) is 1.80. The minimum absolute atomic E-state index is 0.0766. The lowest BCUT2D eigenvalue weighted by molar-refractivity contribution is 0.737. The first-order valence-electron chi connectivity index (χ1n) is 3.45. The molecule has 0 heterocycles. The Bertz CT molecular complexity index is 220. The van der Waals surface area contributed by atoms with Crippen molar-refractivity contribution in [1.82, 2.24) is 0 Å². The molecule has 0 aliphatic carbocycles. The summed E-state index contributed by atoms with van der Waals surface area (Å²) in [5, 5.41) is 0.720. The van der Waals surface area contributed by atoms with Crippen molar-refractivity contribution in [1.29, 1.82) is 0 Å². The van der Waals surface area contributed by atoms with Gasteiger partial charge in [0.1, 0.15) is 0 Å². The van der Waals surface area contributed by atoms with Gasteiger partial charge in [-0.25, -0.2) is 0 Å². The first kappa shape index (κ1) is 8.53. The van der Waals surface area contributed by atoms with Crippen LogP contribution in [-0.2, 0) is 0 Å². The van der Waals surface area contributed by atoms with E-state index in [1.54, 1.807) is 0 Å². The molecular formula is C8H11ClN2. The molecule has 0 saturated carbocycles. The zero-order valence-corrected chi connectivity index (χ0v) is 6.88. The van der Waals surface area contributed by atoms with Gasteiger partial charge in [-0.1, -0.05) is 23.7 Å². The standard InChI is InChI=1S/C8H11ClN2/c9-7-3-1-6(2-4-7)8(11)5-10/h1-4,8H,5,10-11H2/t8-/m0/s1. The summed E-state index contributed by atoms with van der Waals surface area (Å²) in [5.74, 6) is 0. The monoisotopic (exact) mass is 170 g/mol. The predicted molar refractivity (Wildman–Crippen MR) is 47.4 cm³/mol. The van der Waals surface area contributed by atoms with Crippen molar-refractivity contribution in [3.05, 3.63) is 34.9 Å². The average Bonchev–Trinajstić information content (AvgIpc) is 2.05. The molecule has 1 aromatic rings. The van der Waals surface area contributed by atoms with E-state index in [1.807, 2.05) is 24.3 Å². The van der Waals surface area contributed by atoms with Crippen LogP contribution < -0.4 is 11.5 Å². The van der Waals surface area contributed by atoms with Gasteiger partial charge in [0.15, 0.2) is 0 Å². The van der Waals surface area contributed by atoms with Gasteiger partial charge in [0.25, 0.3) is 0 Å². The molecule has 11 heavy (non-hydrogen) atoms. The van der Waals surface area contributed by atoms with Gasteiger partial charge < -0.3 is 11.5 Å². The lowest BCUT2D eigenvalue weighted by atomic mass is 10.1. The van der Waals surface area contributed by atoms with E-state index in [0.29, 0.717) is 6.54 Å². The second-order valence-corrected chi connectivity index (χ2v) is 2.83. The maximum atomic E-state index is 5.69. The van der Waals surface area contributed by atoms with Crippen LogP contribution in [0.3, 0.4) is 0 Å². The SMILES string of the molecule is NC[C@H](N)c1ccc(Cl)cc1. The van der Waals surface area contributed by atoms with Crippen molar-refractivity contribution in [2.75, 3.05) is 6.54 Å². The fourth-order valence-electron chi connectivity index (χ4n) is 0.846. The van der Waals surface area contributed by atoms with Crippen molar-refractivity contribution in [3.63, 3.8) is 0 Å². The largest absolute Gasteiger partial charge is 0.329 e. The third-order valence-electron chi connectivity index (χ3n) is 1.55. The molecule has 0 aromatic heterocycles. The Kier molecular flexibility index (Phi) is 2.88. The summed E-state index contributed by atoms with van der Waals surface area (Å²) in [7, 11) is 0. The van der Waals surface area contributed by atoms with Crippen molar-refractivity contribution in [2.24, 2.45) is 11.5 Å². The maximum absolute atomic E-state index is 5.69. The topological polar surface area (TPSA) is 52.0 Å². The molecule has 3 heteroatoms. The van der Waals surface area contributed by atoms with E-state index in [0.717, 1.165) is 10.6 Å². The van der Waals surface area contributed by atoms with Crippen LogP contribution in [0.1, 0.15) is 11.6 Å². The number of benzene rings is 1. The fraction of sp³-hybridized carbons (Fsp3) is 0.250. The molecule has 1 aromatic carbocycles. The van der Waals surface area contributed by atoms with E-state index in [1.165, 1.54) is 0 Å².